The standard InChI is InChI=1S/C28H26Cl3FN4O5/c29-28(30,31)18-39-26(37)36(25-10-13-40-33-25)17-22-16-35(27(38)41-22)21-6-7-23(24(32)14-21)20-8-11-34(12-9-20)15-19-4-2-1-3-5-19/h1-8,10,13-14,22H,9,11-12,15-18H2. The van der Waals surface area contributed by atoms with Crippen LogP contribution in [0.5, 0.6) is 0 Å². The van der Waals surface area contributed by atoms with Crippen LogP contribution in [0.25, 0.3) is 5.57 Å². The molecule has 1 unspecified atom stereocenters. The average molecular weight is 624 g/mol. The molecule has 1 saturated heterocycles. The van der Waals surface area contributed by atoms with Crippen molar-refractivity contribution in [2.45, 2.75) is 22.9 Å². The molecule has 1 fully saturated rings. The van der Waals surface area contributed by atoms with Gasteiger partial charge in [0.15, 0.2) is 5.82 Å². The largest absolute Gasteiger partial charge is 0.445 e. The molecule has 2 aromatic carbocycles. The lowest BCUT2D eigenvalue weighted by Crippen LogP contribution is -2.40. The van der Waals surface area contributed by atoms with Gasteiger partial charge in [-0.25, -0.2) is 14.0 Å². The summed E-state index contributed by atoms with van der Waals surface area (Å²) >= 11 is 17.0. The molecule has 0 aliphatic carbocycles. The van der Waals surface area contributed by atoms with Gasteiger partial charge in [-0.3, -0.25) is 14.7 Å². The van der Waals surface area contributed by atoms with Crippen molar-refractivity contribution in [3.8, 4) is 0 Å². The van der Waals surface area contributed by atoms with Gasteiger partial charge in [-0.1, -0.05) is 76.4 Å². The van der Waals surface area contributed by atoms with Crippen molar-refractivity contribution >= 4 is 64.1 Å². The maximum Gasteiger partial charge on any atom is 0.415 e. The first kappa shape index (κ1) is 29.2. The van der Waals surface area contributed by atoms with Crippen molar-refractivity contribution in [3.05, 3.63) is 83.9 Å². The zero-order chi connectivity index (χ0) is 29.0. The van der Waals surface area contributed by atoms with Crippen molar-refractivity contribution in [2.75, 3.05) is 42.6 Å². The van der Waals surface area contributed by atoms with Gasteiger partial charge in [0.2, 0.25) is 3.79 Å². The second-order valence-corrected chi connectivity index (χ2v) is 12.1. The van der Waals surface area contributed by atoms with Gasteiger partial charge >= 0.3 is 12.2 Å². The predicted octanol–water partition coefficient (Wildman–Crippen LogP) is 6.44. The van der Waals surface area contributed by atoms with Crippen LogP contribution >= 0.6 is 34.8 Å². The molecule has 216 valence electrons. The predicted molar refractivity (Wildman–Crippen MR) is 154 cm³/mol. The lowest BCUT2D eigenvalue weighted by molar-refractivity contribution is 0.133. The van der Waals surface area contributed by atoms with E-state index in [-0.39, 0.29) is 18.9 Å². The quantitative estimate of drug-likeness (QED) is 0.267. The van der Waals surface area contributed by atoms with E-state index in [9.17, 15) is 9.59 Å². The molecule has 2 aliphatic rings. The van der Waals surface area contributed by atoms with Crippen LogP contribution in [0.4, 0.5) is 25.5 Å². The normalized spacial score (nSPS) is 17.8. The molecule has 0 saturated carbocycles. The van der Waals surface area contributed by atoms with Gasteiger partial charge in [0, 0.05) is 31.3 Å². The minimum Gasteiger partial charge on any atom is -0.445 e. The molecule has 2 aliphatic heterocycles. The van der Waals surface area contributed by atoms with Crippen LogP contribution < -0.4 is 9.80 Å². The summed E-state index contributed by atoms with van der Waals surface area (Å²) in [6.45, 7) is 1.80. The van der Waals surface area contributed by atoms with E-state index in [2.05, 4.69) is 22.2 Å². The molecule has 0 N–H and O–H groups in total. The van der Waals surface area contributed by atoms with Crippen LogP contribution in [0.3, 0.4) is 0 Å². The molecule has 9 nitrogen and oxygen atoms in total. The number of nitrogens with zero attached hydrogens (tertiary/aromatic N) is 4. The summed E-state index contributed by atoms with van der Waals surface area (Å²) in [6, 6.07) is 16.3. The second-order valence-electron chi connectivity index (χ2n) is 9.62. The first-order valence-corrected chi connectivity index (χ1v) is 13.9. The van der Waals surface area contributed by atoms with E-state index >= 15 is 4.39 Å². The molecule has 3 heterocycles. The zero-order valence-electron chi connectivity index (χ0n) is 21.7. The summed E-state index contributed by atoms with van der Waals surface area (Å²) in [5.74, 6) is -0.312. The van der Waals surface area contributed by atoms with Crippen molar-refractivity contribution in [2.24, 2.45) is 0 Å². The molecule has 5 rings (SSSR count). The number of anilines is 2. The summed E-state index contributed by atoms with van der Waals surface area (Å²) in [7, 11) is 0. The highest BCUT2D eigenvalue weighted by atomic mass is 35.6. The second kappa shape index (κ2) is 12.7. The summed E-state index contributed by atoms with van der Waals surface area (Å²) in [5.41, 5.74) is 3.01. The third-order valence-electron chi connectivity index (χ3n) is 6.69. The van der Waals surface area contributed by atoms with Crippen molar-refractivity contribution in [1.82, 2.24) is 10.1 Å². The Balaban J connectivity index is 1.22. The zero-order valence-corrected chi connectivity index (χ0v) is 24.0. The van der Waals surface area contributed by atoms with Crippen LogP contribution in [0.2, 0.25) is 0 Å². The minimum absolute atomic E-state index is 0.0564. The lowest BCUT2D eigenvalue weighted by atomic mass is 9.98. The molecule has 0 bridgehead atoms. The van der Waals surface area contributed by atoms with E-state index in [1.165, 1.54) is 28.9 Å². The summed E-state index contributed by atoms with van der Waals surface area (Å²) < 4.78 is 28.8. The van der Waals surface area contributed by atoms with Gasteiger partial charge in [0.25, 0.3) is 0 Å². The van der Waals surface area contributed by atoms with E-state index in [0.717, 1.165) is 30.1 Å². The van der Waals surface area contributed by atoms with Crippen LogP contribution in [-0.4, -0.2) is 64.9 Å². The van der Waals surface area contributed by atoms with Gasteiger partial charge in [-0.15, -0.1) is 0 Å². The number of cyclic esters (lactones) is 1. The Morgan fingerprint density at radius 3 is 2.63 bits per heavy atom. The number of amides is 2. The molecular formula is C28H26Cl3FN4O5. The number of aromatic nitrogens is 1. The number of alkyl halides is 3. The van der Waals surface area contributed by atoms with Crippen LogP contribution in [0.15, 0.2) is 71.5 Å². The molecular weight excluding hydrogens is 598 g/mol. The molecule has 0 spiro atoms. The SMILES string of the molecule is O=C1OC(CN(C(=O)OCC(Cl)(Cl)Cl)c2ccon2)CN1c1ccc(C2=CCN(Cc3ccccc3)CC2)c(F)c1. The maximum absolute atomic E-state index is 15.3. The highest BCUT2D eigenvalue weighted by Gasteiger charge is 2.37. The van der Waals surface area contributed by atoms with Crippen molar-refractivity contribution in [3.63, 3.8) is 0 Å². The fourth-order valence-electron chi connectivity index (χ4n) is 4.73. The number of carbonyl (C=O) groups is 2. The monoisotopic (exact) mass is 622 g/mol. The highest BCUT2D eigenvalue weighted by molar-refractivity contribution is 6.67. The number of hydrogen-bond acceptors (Lipinski definition) is 7. The van der Waals surface area contributed by atoms with Crippen LogP contribution in [-0.2, 0) is 16.0 Å². The third kappa shape index (κ3) is 7.51. The summed E-state index contributed by atoms with van der Waals surface area (Å²) in [4.78, 5) is 30.1. The Morgan fingerprint density at radius 2 is 1.98 bits per heavy atom. The van der Waals surface area contributed by atoms with Gasteiger partial charge in [-0.05, 0) is 35.8 Å². The average Bonchev–Trinajstić information content (AvgIpc) is 3.61. The van der Waals surface area contributed by atoms with Gasteiger partial charge < -0.3 is 14.0 Å². The van der Waals surface area contributed by atoms with E-state index in [1.54, 1.807) is 12.1 Å². The summed E-state index contributed by atoms with van der Waals surface area (Å²) in [5, 5.41) is 3.75. The number of rotatable bonds is 8. The van der Waals surface area contributed by atoms with E-state index < -0.39 is 34.5 Å². The van der Waals surface area contributed by atoms with Crippen LogP contribution in [0, 0.1) is 5.82 Å². The maximum atomic E-state index is 15.3. The summed E-state index contributed by atoms with van der Waals surface area (Å²) in [6.07, 6.45) is 1.70. The third-order valence-corrected chi connectivity index (χ3v) is 7.02. The Labute approximate surface area is 250 Å². The van der Waals surface area contributed by atoms with Crippen molar-refractivity contribution < 1.29 is 28.0 Å². The van der Waals surface area contributed by atoms with E-state index in [1.807, 2.05) is 24.3 Å². The van der Waals surface area contributed by atoms with Gasteiger partial charge in [0.05, 0.1) is 18.8 Å². The topological polar surface area (TPSA) is 88.3 Å². The Morgan fingerprint density at radius 1 is 1.17 bits per heavy atom. The fourth-order valence-corrected chi connectivity index (χ4v) is 4.90. The number of carbonyl (C=O) groups excluding carboxylic acids is 2. The Bertz CT molecular complexity index is 1400. The van der Waals surface area contributed by atoms with Crippen molar-refractivity contribution in [1.29, 1.82) is 0 Å². The van der Waals surface area contributed by atoms with E-state index in [0.29, 0.717) is 17.7 Å². The van der Waals surface area contributed by atoms with Gasteiger partial charge in [-0.2, -0.15) is 0 Å². The molecule has 1 atom stereocenters. The Kier molecular flexibility index (Phi) is 9.03. The van der Waals surface area contributed by atoms with Gasteiger partial charge in [0.1, 0.15) is 24.8 Å². The highest BCUT2D eigenvalue weighted by Crippen LogP contribution is 2.31. The van der Waals surface area contributed by atoms with E-state index in [4.69, 9.17) is 48.8 Å². The minimum atomic E-state index is -1.81. The smallest absolute Gasteiger partial charge is 0.415 e. The molecule has 41 heavy (non-hydrogen) atoms. The molecule has 13 heteroatoms. The molecule has 1 aromatic heterocycles. The number of halogens is 4. The van der Waals surface area contributed by atoms with Crippen LogP contribution in [0.1, 0.15) is 17.5 Å². The molecule has 3 aromatic rings. The lowest BCUT2D eigenvalue weighted by Gasteiger charge is -2.27. The number of hydrogen-bond donors (Lipinski definition) is 0. The molecule has 2 amide bonds. The number of benzene rings is 2. The fraction of sp³-hybridized carbons (Fsp3) is 0.321. The first-order chi connectivity index (χ1) is 19.7. The Hall–Kier alpha value is -3.31. The first-order valence-electron chi connectivity index (χ1n) is 12.8. The number of ether oxygens (including phenoxy) is 2. The molecule has 0 radical (unpaired) electrons.